The Morgan fingerprint density at radius 2 is 1.88 bits per heavy atom. The molecule has 8 nitrogen and oxygen atoms in total. The number of hydrogen-bond donors (Lipinski definition) is 1. The van der Waals surface area contributed by atoms with Crippen LogP contribution in [0.4, 0.5) is 14.6 Å². The number of piperidine rings is 1. The SMILES string of the molecule is COc1cc2c(C)c(-c3nc(C)no3)c(N3CCC(N[C@@H]4CCOC4)CC3)nc2c(F)c1F. The van der Waals surface area contributed by atoms with Crippen LogP contribution in [0.25, 0.3) is 22.4 Å². The van der Waals surface area contributed by atoms with Crippen molar-refractivity contribution in [3.63, 3.8) is 0 Å². The zero-order valence-corrected chi connectivity index (χ0v) is 19.0. The van der Waals surface area contributed by atoms with Gasteiger partial charge in [-0.25, -0.2) is 9.37 Å². The molecule has 2 aliphatic rings. The predicted octanol–water partition coefficient (Wildman–Crippen LogP) is 3.54. The second-order valence-electron chi connectivity index (χ2n) is 8.67. The quantitative estimate of drug-likeness (QED) is 0.620. The minimum absolute atomic E-state index is 0.0378. The third-order valence-electron chi connectivity index (χ3n) is 6.52. The zero-order valence-electron chi connectivity index (χ0n) is 19.0. The van der Waals surface area contributed by atoms with E-state index in [1.807, 2.05) is 6.92 Å². The van der Waals surface area contributed by atoms with Gasteiger partial charge in [-0.3, -0.25) is 0 Å². The first-order valence-corrected chi connectivity index (χ1v) is 11.2. The van der Waals surface area contributed by atoms with Gasteiger partial charge in [0.2, 0.25) is 5.82 Å². The van der Waals surface area contributed by atoms with E-state index in [-0.39, 0.29) is 11.3 Å². The number of nitrogens with zero attached hydrogens (tertiary/aromatic N) is 4. The molecule has 2 saturated heterocycles. The number of benzene rings is 1. The number of ether oxygens (including phenoxy) is 2. The van der Waals surface area contributed by atoms with Gasteiger partial charge in [0.25, 0.3) is 5.89 Å². The molecule has 0 unspecified atom stereocenters. The summed E-state index contributed by atoms with van der Waals surface area (Å²) < 4.78 is 45.5. The molecule has 0 spiro atoms. The summed E-state index contributed by atoms with van der Waals surface area (Å²) in [6.45, 7) is 6.54. The van der Waals surface area contributed by atoms with Gasteiger partial charge in [-0.05, 0) is 44.7 Å². The van der Waals surface area contributed by atoms with Gasteiger partial charge in [-0.2, -0.15) is 9.37 Å². The molecule has 5 rings (SSSR count). The van der Waals surface area contributed by atoms with Crippen LogP contribution in [0, 0.1) is 25.5 Å². The molecule has 2 aromatic heterocycles. The number of aromatic nitrogens is 3. The maximum atomic E-state index is 15.0. The van der Waals surface area contributed by atoms with Gasteiger partial charge in [-0.1, -0.05) is 5.16 Å². The Kier molecular flexibility index (Phi) is 5.88. The van der Waals surface area contributed by atoms with Crippen molar-refractivity contribution in [2.75, 3.05) is 38.3 Å². The van der Waals surface area contributed by atoms with Crippen molar-refractivity contribution < 1.29 is 22.8 Å². The van der Waals surface area contributed by atoms with Crippen LogP contribution < -0.4 is 15.0 Å². The van der Waals surface area contributed by atoms with Crippen LogP contribution in [0.2, 0.25) is 0 Å². The first-order chi connectivity index (χ1) is 16.0. The molecule has 4 heterocycles. The Morgan fingerprint density at radius 3 is 2.52 bits per heavy atom. The van der Waals surface area contributed by atoms with E-state index in [2.05, 4.69) is 25.3 Å². The molecule has 2 fully saturated rings. The Labute approximate surface area is 190 Å². The van der Waals surface area contributed by atoms with Gasteiger partial charge in [0.15, 0.2) is 17.4 Å². The molecular formula is C23H27F2N5O3. The monoisotopic (exact) mass is 459 g/mol. The van der Waals surface area contributed by atoms with Gasteiger partial charge in [0.05, 0.1) is 19.3 Å². The summed E-state index contributed by atoms with van der Waals surface area (Å²) in [5.41, 5.74) is 1.27. The van der Waals surface area contributed by atoms with Gasteiger partial charge in [0.1, 0.15) is 11.3 Å². The molecule has 0 amide bonds. The van der Waals surface area contributed by atoms with Crippen LogP contribution in [-0.4, -0.2) is 60.6 Å². The molecule has 0 saturated carbocycles. The highest BCUT2D eigenvalue weighted by Crippen LogP contribution is 2.39. The predicted molar refractivity (Wildman–Crippen MR) is 119 cm³/mol. The number of hydrogen-bond acceptors (Lipinski definition) is 8. The van der Waals surface area contributed by atoms with Gasteiger partial charge in [-0.15, -0.1) is 0 Å². The maximum Gasteiger partial charge on any atom is 0.261 e. The Morgan fingerprint density at radius 1 is 1.09 bits per heavy atom. The molecule has 0 aliphatic carbocycles. The highest BCUT2D eigenvalue weighted by atomic mass is 19.2. The molecule has 176 valence electrons. The molecule has 0 bridgehead atoms. The van der Waals surface area contributed by atoms with E-state index in [0.717, 1.165) is 32.5 Å². The van der Waals surface area contributed by atoms with Gasteiger partial charge < -0.3 is 24.2 Å². The summed E-state index contributed by atoms with van der Waals surface area (Å²) in [4.78, 5) is 11.1. The van der Waals surface area contributed by atoms with Crippen LogP contribution >= 0.6 is 0 Å². The van der Waals surface area contributed by atoms with Crippen molar-refractivity contribution in [2.45, 2.75) is 45.2 Å². The third-order valence-corrected chi connectivity index (χ3v) is 6.52. The Bertz CT molecular complexity index is 1170. The number of methoxy groups -OCH3 is 1. The summed E-state index contributed by atoms with van der Waals surface area (Å²) in [5, 5.41) is 8.04. The summed E-state index contributed by atoms with van der Waals surface area (Å²) in [5.74, 6) is -0.935. The lowest BCUT2D eigenvalue weighted by atomic mass is 9.99. The summed E-state index contributed by atoms with van der Waals surface area (Å²) >= 11 is 0. The maximum absolute atomic E-state index is 15.0. The molecule has 10 heteroatoms. The van der Waals surface area contributed by atoms with E-state index in [0.29, 0.717) is 59.2 Å². The minimum Gasteiger partial charge on any atom is -0.494 e. The smallest absolute Gasteiger partial charge is 0.261 e. The number of nitrogens with one attached hydrogen (secondary N) is 1. The van der Waals surface area contributed by atoms with E-state index < -0.39 is 11.6 Å². The lowest BCUT2D eigenvalue weighted by Gasteiger charge is -2.35. The Balaban J connectivity index is 1.55. The minimum atomic E-state index is -1.05. The molecule has 2 aliphatic heterocycles. The molecule has 1 aromatic carbocycles. The first-order valence-electron chi connectivity index (χ1n) is 11.2. The molecule has 1 N–H and O–H groups in total. The van der Waals surface area contributed by atoms with Gasteiger partial charge >= 0.3 is 0 Å². The molecule has 1 atom stereocenters. The fourth-order valence-electron chi connectivity index (χ4n) is 4.74. The molecule has 0 radical (unpaired) electrons. The van der Waals surface area contributed by atoms with E-state index in [4.69, 9.17) is 14.0 Å². The topological polar surface area (TPSA) is 85.5 Å². The number of aryl methyl sites for hydroxylation is 2. The standard InChI is InChI=1S/C23H27F2N5O3/c1-12-16-10-17(31-3)19(24)20(25)21(16)28-22(18(12)23-26-13(2)29-33-23)30-7-4-14(5-8-30)27-15-6-9-32-11-15/h10,14-15,27H,4-9,11H2,1-3H3/t15-/m1/s1. The van der Waals surface area contributed by atoms with Crippen molar-refractivity contribution >= 4 is 16.7 Å². The van der Waals surface area contributed by atoms with Gasteiger partial charge in [0, 0.05) is 37.2 Å². The number of rotatable bonds is 5. The number of pyridine rings is 1. The number of fused-ring (bicyclic) bond motifs is 1. The normalized spacial score (nSPS) is 19.5. The Hall–Kier alpha value is -2.85. The van der Waals surface area contributed by atoms with E-state index in [1.165, 1.54) is 13.2 Å². The summed E-state index contributed by atoms with van der Waals surface area (Å²) in [6, 6.07) is 2.24. The van der Waals surface area contributed by atoms with Crippen molar-refractivity contribution in [3.8, 4) is 17.2 Å². The number of halogens is 2. The second kappa shape index (κ2) is 8.83. The summed E-state index contributed by atoms with van der Waals surface area (Å²) in [6.07, 6.45) is 2.83. The van der Waals surface area contributed by atoms with Crippen molar-refractivity contribution in [1.29, 1.82) is 0 Å². The first kappa shape index (κ1) is 22.0. The van der Waals surface area contributed by atoms with E-state index in [1.54, 1.807) is 6.92 Å². The molecule has 3 aromatic rings. The largest absolute Gasteiger partial charge is 0.494 e. The van der Waals surface area contributed by atoms with Crippen LogP contribution in [0.3, 0.4) is 0 Å². The fourth-order valence-corrected chi connectivity index (χ4v) is 4.74. The lowest BCUT2D eigenvalue weighted by molar-refractivity contribution is 0.186. The number of anilines is 1. The summed E-state index contributed by atoms with van der Waals surface area (Å²) in [7, 11) is 1.30. The van der Waals surface area contributed by atoms with E-state index >= 15 is 0 Å². The van der Waals surface area contributed by atoms with E-state index in [9.17, 15) is 8.78 Å². The molecule has 33 heavy (non-hydrogen) atoms. The van der Waals surface area contributed by atoms with Crippen molar-refractivity contribution in [1.82, 2.24) is 20.4 Å². The second-order valence-corrected chi connectivity index (χ2v) is 8.67. The lowest BCUT2D eigenvalue weighted by Crippen LogP contribution is -2.46. The van der Waals surface area contributed by atoms with Crippen molar-refractivity contribution in [2.24, 2.45) is 0 Å². The highest BCUT2D eigenvalue weighted by molar-refractivity contribution is 5.93. The van der Waals surface area contributed by atoms with Crippen LogP contribution in [-0.2, 0) is 4.74 Å². The average Bonchev–Trinajstić information content (AvgIpc) is 3.48. The van der Waals surface area contributed by atoms with Crippen LogP contribution in [0.1, 0.15) is 30.7 Å². The van der Waals surface area contributed by atoms with Crippen molar-refractivity contribution in [3.05, 3.63) is 29.1 Å². The van der Waals surface area contributed by atoms with Crippen LogP contribution in [0.5, 0.6) is 5.75 Å². The molecular weight excluding hydrogens is 432 g/mol. The highest BCUT2D eigenvalue weighted by Gasteiger charge is 2.30. The third kappa shape index (κ3) is 4.02. The zero-order chi connectivity index (χ0) is 23.1. The van der Waals surface area contributed by atoms with Crippen LogP contribution in [0.15, 0.2) is 10.6 Å². The average molecular weight is 459 g/mol. The fraction of sp³-hybridized carbons (Fsp3) is 0.522.